The highest BCUT2D eigenvalue weighted by atomic mass is 16.2. The molecule has 1 rings (SSSR count). The maximum Gasteiger partial charge on any atom is 0.223 e. The van der Waals surface area contributed by atoms with Gasteiger partial charge in [-0.05, 0) is 18.8 Å². The second-order valence-corrected chi connectivity index (χ2v) is 4.20. The van der Waals surface area contributed by atoms with Gasteiger partial charge < -0.3 is 10.6 Å². The number of hydrogen-bond acceptors (Lipinski definition) is 2. The number of rotatable bonds is 4. The highest BCUT2D eigenvalue weighted by molar-refractivity contribution is 5.82. The largest absolute Gasteiger partial charge is 0.370 e. The van der Waals surface area contributed by atoms with Gasteiger partial charge in [-0.2, -0.15) is 0 Å². The average molecular weight is 212 g/mol. The molecule has 0 aromatic carbocycles. The fraction of sp³-hybridized carbons (Fsp3) is 0.818. The molecule has 0 unspecified atom stereocenters. The molecule has 2 N–H and O–H groups in total. The minimum atomic E-state index is -0.396. The van der Waals surface area contributed by atoms with Gasteiger partial charge in [-0.3, -0.25) is 9.59 Å². The average Bonchev–Trinajstić information content (AvgIpc) is 2.26. The predicted molar refractivity (Wildman–Crippen MR) is 58.0 cm³/mol. The van der Waals surface area contributed by atoms with E-state index in [0.29, 0.717) is 0 Å². The normalized spacial score (nSPS) is 17.8. The van der Waals surface area contributed by atoms with Crippen LogP contribution in [-0.4, -0.2) is 29.8 Å². The molecule has 0 bridgehead atoms. The van der Waals surface area contributed by atoms with Crippen LogP contribution in [0.1, 0.15) is 39.0 Å². The minimum absolute atomic E-state index is 0.0725. The first-order valence-electron chi connectivity index (χ1n) is 5.69. The Morgan fingerprint density at radius 1 is 1.27 bits per heavy atom. The molecule has 4 heteroatoms. The molecule has 15 heavy (non-hydrogen) atoms. The lowest BCUT2D eigenvalue weighted by molar-refractivity contribution is -0.134. The molecule has 1 fully saturated rings. The van der Waals surface area contributed by atoms with E-state index in [1.165, 1.54) is 6.42 Å². The van der Waals surface area contributed by atoms with E-state index in [1.54, 1.807) is 0 Å². The fourth-order valence-corrected chi connectivity index (χ4v) is 1.98. The molecule has 0 aromatic heterocycles. The van der Waals surface area contributed by atoms with Crippen LogP contribution in [0.5, 0.6) is 0 Å². The number of amides is 2. The molecular formula is C11H20N2O2. The molecule has 0 aliphatic carbocycles. The number of hydrogen-bond donors (Lipinski definition) is 1. The van der Waals surface area contributed by atoms with Crippen LogP contribution >= 0.6 is 0 Å². The third kappa shape index (κ3) is 3.90. The Kier molecular flexibility index (Phi) is 4.59. The summed E-state index contributed by atoms with van der Waals surface area (Å²) in [5, 5.41) is 0. The Hall–Kier alpha value is -1.06. The van der Waals surface area contributed by atoms with E-state index in [9.17, 15) is 9.59 Å². The zero-order chi connectivity index (χ0) is 11.3. The van der Waals surface area contributed by atoms with Gasteiger partial charge >= 0.3 is 0 Å². The topological polar surface area (TPSA) is 63.4 Å². The summed E-state index contributed by atoms with van der Waals surface area (Å²) in [6, 6.07) is 0. The maximum atomic E-state index is 11.6. The quantitative estimate of drug-likeness (QED) is 0.752. The van der Waals surface area contributed by atoms with Crippen molar-refractivity contribution in [2.45, 2.75) is 39.0 Å². The van der Waals surface area contributed by atoms with Gasteiger partial charge in [0.15, 0.2) is 0 Å². The standard InChI is InChI=1S/C11H20N2O2/c1-2-9-5-7-13(8-6-9)11(15)4-3-10(12)14/h9H,2-8H2,1H3,(H2,12,14). The van der Waals surface area contributed by atoms with Crippen LogP contribution < -0.4 is 5.73 Å². The SMILES string of the molecule is CCC1CCN(C(=O)CCC(N)=O)CC1. The summed E-state index contributed by atoms with van der Waals surface area (Å²) < 4.78 is 0. The number of carbonyl (C=O) groups excluding carboxylic acids is 2. The summed E-state index contributed by atoms with van der Waals surface area (Å²) >= 11 is 0. The van der Waals surface area contributed by atoms with E-state index >= 15 is 0 Å². The van der Waals surface area contributed by atoms with Gasteiger partial charge in [0.2, 0.25) is 11.8 Å². The summed E-state index contributed by atoms with van der Waals surface area (Å²) in [4.78, 5) is 24.0. The first-order valence-corrected chi connectivity index (χ1v) is 5.69. The van der Waals surface area contributed by atoms with Gasteiger partial charge in [0.05, 0.1) is 0 Å². The fourth-order valence-electron chi connectivity index (χ4n) is 1.98. The number of nitrogens with zero attached hydrogens (tertiary/aromatic N) is 1. The van der Waals surface area contributed by atoms with Crippen molar-refractivity contribution >= 4 is 11.8 Å². The van der Waals surface area contributed by atoms with Gasteiger partial charge in [0.1, 0.15) is 0 Å². The van der Waals surface area contributed by atoms with Crippen molar-refractivity contribution in [3.05, 3.63) is 0 Å². The molecule has 0 aromatic rings. The first kappa shape index (κ1) is 12.0. The Labute approximate surface area is 90.8 Å². The van der Waals surface area contributed by atoms with Crippen molar-refractivity contribution in [2.24, 2.45) is 11.7 Å². The number of primary amides is 1. The van der Waals surface area contributed by atoms with Crippen LogP contribution in [0.4, 0.5) is 0 Å². The summed E-state index contributed by atoms with van der Waals surface area (Å²) in [5.41, 5.74) is 5.00. The van der Waals surface area contributed by atoms with Crippen molar-refractivity contribution in [1.82, 2.24) is 4.90 Å². The molecule has 1 heterocycles. The zero-order valence-electron chi connectivity index (χ0n) is 9.37. The summed E-state index contributed by atoms with van der Waals surface area (Å²) in [6.45, 7) is 3.88. The molecule has 4 nitrogen and oxygen atoms in total. The lowest BCUT2D eigenvalue weighted by Crippen LogP contribution is -2.38. The third-order valence-corrected chi connectivity index (χ3v) is 3.13. The van der Waals surface area contributed by atoms with E-state index in [2.05, 4.69) is 6.92 Å². The molecule has 0 spiro atoms. The smallest absolute Gasteiger partial charge is 0.223 e. The number of likely N-dealkylation sites (tertiary alicyclic amines) is 1. The molecule has 0 atom stereocenters. The van der Waals surface area contributed by atoms with Crippen molar-refractivity contribution in [3.63, 3.8) is 0 Å². The van der Waals surface area contributed by atoms with Crippen LogP contribution in [0.15, 0.2) is 0 Å². The minimum Gasteiger partial charge on any atom is -0.370 e. The second-order valence-electron chi connectivity index (χ2n) is 4.20. The van der Waals surface area contributed by atoms with Gasteiger partial charge in [-0.25, -0.2) is 0 Å². The van der Waals surface area contributed by atoms with E-state index < -0.39 is 5.91 Å². The zero-order valence-corrected chi connectivity index (χ0v) is 9.37. The van der Waals surface area contributed by atoms with Crippen LogP contribution in [0.25, 0.3) is 0 Å². The lowest BCUT2D eigenvalue weighted by Gasteiger charge is -2.31. The predicted octanol–water partition coefficient (Wildman–Crippen LogP) is 0.901. The second kappa shape index (κ2) is 5.73. The molecule has 2 amide bonds. The van der Waals surface area contributed by atoms with Gasteiger partial charge in [-0.1, -0.05) is 13.3 Å². The molecule has 0 radical (unpaired) electrons. The molecule has 1 aliphatic rings. The monoisotopic (exact) mass is 212 g/mol. The van der Waals surface area contributed by atoms with Crippen molar-refractivity contribution in [2.75, 3.05) is 13.1 Å². The van der Waals surface area contributed by atoms with Gasteiger partial charge in [0, 0.05) is 25.9 Å². The maximum absolute atomic E-state index is 11.6. The summed E-state index contributed by atoms with van der Waals surface area (Å²) in [6.07, 6.45) is 3.83. The number of piperidine rings is 1. The Balaban J connectivity index is 2.27. The van der Waals surface area contributed by atoms with Crippen molar-refractivity contribution < 1.29 is 9.59 Å². The first-order chi connectivity index (χ1) is 7.13. The van der Waals surface area contributed by atoms with Crippen molar-refractivity contribution in [3.8, 4) is 0 Å². The van der Waals surface area contributed by atoms with Gasteiger partial charge in [0.25, 0.3) is 0 Å². The van der Waals surface area contributed by atoms with E-state index in [4.69, 9.17) is 5.73 Å². The van der Waals surface area contributed by atoms with Crippen LogP contribution in [-0.2, 0) is 9.59 Å². The van der Waals surface area contributed by atoms with Gasteiger partial charge in [-0.15, -0.1) is 0 Å². The Morgan fingerprint density at radius 2 is 1.87 bits per heavy atom. The number of nitrogens with two attached hydrogens (primary N) is 1. The third-order valence-electron chi connectivity index (χ3n) is 3.13. The Morgan fingerprint density at radius 3 is 2.33 bits per heavy atom. The summed E-state index contributed by atoms with van der Waals surface area (Å²) in [5.74, 6) is 0.445. The summed E-state index contributed by atoms with van der Waals surface area (Å²) in [7, 11) is 0. The molecular weight excluding hydrogens is 192 g/mol. The van der Waals surface area contributed by atoms with E-state index in [0.717, 1.165) is 31.8 Å². The van der Waals surface area contributed by atoms with Crippen LogP contribution in [0, 0.1) is 5.92 Å². The molecule has 86 valence electrons. The van der Waals surface area contributed by atoms with E-state index in [-0.39, 0.29) is 18.7 Å². The van der Waals surface area contributed by atoms with E-state index in [1.807, 2.05) is 4.90 Å². The van der Waals surface area contributed by atoms with Crippen LogP contribution in [0.3, 0.4) is 0 Å². The lowest BCUT2D eigenvalue weighted by atomic mass is 9.94. The molecule has 0 saturated carbocycles. The molecule has 1 saturated heterocycles. The molecule has 1 aliphatic heterocycles. The highest BCUT2D eigenvalue weighted by Crippen LogP contribution is 2.20. The highest BCUT2D eigenvalue weighted by Gasteiger charge is 2.21. The van der Waals surface area contributed by atoms with Crippen LogP contribution in [0.2, 0.25) is 0 Å². The van der Waals surface area contributed by atoms with Crippen molar-refractivity contribution in [1.29, 1.82) is 0 Å². The Bertz CT molecular complexity index is 233. The number of carbonyl (C=O) groups is 2.